The summed E-state index contributed by atoms with van der Waals surface area (Å²) in [4.78, 5) is 5.07. The van der Waals surface area contributed by atoms with Crippen LogP contribution in [0, 0.1) is 20.8 Å². The van der Waals surface area contributed by atoms with Crippen molar-refractivity contribution >= 4 is 34.1 Å². The van der Waals surface area contributed by atoms with Crippen molar-refractivity contribution in [1.29, 1.82) is 0 Å². The van der Waals surface area contributed by atoms with Crippen LogP contribution in [0.1, 0.15) is 83.5 Å². The second-order valence-corrected chi connectivity index (χ2v) is 28.7. The second-order valence-electron chi connectivity index (χ2n) is 28.7. The van der Waals surface area contributed by atoms with Gasteiger partial charge in [0, 0.05) is 33.9 Å². The lowest BCUT2D eigenvalue weighted by molar-refractivity contribution is 0.766. The number of rotatable bonds is 12. The molecule has 2 heteroatoms. The molecule has 0 atom stereocenters. The second kappa shape index (κ2) is 23.9. The maximum Gasteiger partial charge on any atom is 0.0726 e. The van der Waals surface area contributed by atoms with Gasteiger partial charge in [-0.2, -0.15) is 0 Å². The molecule has 0 saturated heterocycles. The topological polar surface area (TPSA) is 6.48 Å². The average molecular weight is 1330 g/mol. The van der Waals surface area contributed by atoms with Crippen molar-refractivity contribution in [2.45, 2.75) is 37.0 Å². The Balaban J connectivity index is 0.770. The standard InChI is InChI=1S/C102H72N2/c1-67-48-57-84-86-60-55-78(65-95(86)100(93(84)62-67,72-30-11-5-12-31-72)73-32-13-6-14-33-73)103(79-56-61-87-85-58-49-68(2)63-94(85)101(96(87)66-79,74-34-15-7-16-35-74)75-36-17-8-18-37-75)77-54-59-80(69(3)64-77)71-50-52-76(53-51-71)104(97-46-26-22-38-81(97)70-28-9-4-10-29-70)98-47-27-45-92-99(98)88-41-21-25-44-91(88)102(92)89-42-23-19-39-82(89)83-40-20-24-43-90(83)102/h4-66H,1-3H3. The van der Waals surface area contributed by atoms with Gasteiger partial charge in [-0.15, -0.1) is 0 Å². The highest BCUT2D eigenvalue weighted by atomic mass is 15.2. The van der Waals surface area contributed by atoms with Crippen LogP contribution in [0.4, 0.5) is 34.1 Å². The summed E-state index contributed by atoms with van der Waals surface area (Å²) in [6, 6.07) is 144. The number of aryl methyl sites for hydroxylation is 3. The highest BCUT2D eigenvalue weighted by Gasteiger charge is 2.53. The Labute approximate surface area is 609 Å². The lowest BCUT2D eigenvalue weighted by Gasteiger charge is -2.36. The van der Waals surface area contributed by atoms with Gasteiger partial charge in [0.15, 0.2) is 0 Å². The van der Waals surface area contributed by atoms with Crippen molar-refractivity contribution in [3.8, 4) is 66.8 Å². The van der Waals surface area contributed by atoms with Crippen LogP contribution in [-0.4, -0.2) is 0 Å². The number of nitrogens with zero attached hydrogens (tertiary/aromatic N) is 2. The fraction of sp³-hybridized carbons (Fsp3) is 0.0588. The summed E-state index contributed by atoms with van der Waals surface area (Å²) < 4.78 is 0. The molecule has 20 rings (SSSR count). The molecular formula is C102H72N2. The molecule has 0 heterocycles. The van der Waals surface area contributed by atoms with Crippen molar-refractivity contribution in [2.75, 3.05) is 9.80 Å². The highest BCUT2D eigenvalue weighted by Crippen LogP contribution is 2.66. The van der Waals surface area contributed by atoms with Crippen molar-refractivity contribution in [2.24, 2.45) is 0 Å². The van der Waals surface area contributed by atoms with E-state index in [1.54, 1.807) is 0 Å². The number of fused-ring (bicyclic) bond motifs is 16. The lowest BCUT2D eigenvalue weighted by Crippen LogP contribution is -2.29. The summed E-state index contributed by atoms with van der Waals surface area (Å²) in [7, 11) is 0. The fourth-order valence-corrected chi connectivity index (χ4v) is 19.1. The molecule has 0 amide bonds. The first-order chi connectivity index (χ1) is 51.3. The number of anilines is 6. The van der Waals surface area contributed by atoms with E-state index in [1.807, 2.05) is 0 Å². The molecule has 2 nitrogen and oxygen atoms in total. The summed E-state index contributed by atoms with van der Waals surface area (Å²) in [5.74, 6) is 0. The van der Waals surface area contributed by atoms with Crippen LogP contribution in [0.5, 0.6) is 0 Å². The van der Waals surface area contributed by atoms with Crippen LogP contribution >= 0.6 is 0 Å². The molecule has 104 heavy (non-hydrogen) atoms. The zero-order chi connectivity index (χ0) is 69.3. The first-order valence-electron chi connectivity index (χ1n) is 36.5. The number of para-hydroxylation sites is 1. The smallest absolute Gasteiger partial charge is 0.0726 e. The average Bonchev–Trinajstić information content (AvgIpc) is 1.17. The van der Waals surface area contributed by atoms with Gasteiger partial charge in [-0.25, -0.2) is 0 Å². The highest BCUT2D eigenvalue weighted by molar-refractivity contribution is 6.03. The van der Waals surface area contributed by atoms with Gasteiger partial charge >= 0.3 is 0 Å². The van der Waals surface area contributed by atoms with Gasteiger partial charge in [-0.3, -0.25) is 0 Å². The SMILES string of the molecule is Cc1ccc2c(c1)C(c1ccccc1)(c1ccccc1)c1cc(N(c3ccc(-c4ccc(N(c5ccccc5-c5ccccc5)c5cccc6c5-c5ccccc5C65c6ccccc6-c6ccccc65)cc4)c(C)c3)c3ccc4c(c3)C(c3ccccc3)(c3ccccc3)c3cc(C)ccc3-4)ccc1-2. The molecule has 1 spiro atoms. The Morgan fingerprint density at radius 2 is 0.529 bits per heavy atom. The molecule has 0 fully saturated rings. The Morgan fingerprint density at radius 3 is 1.01 bits per heavy atom. The number of hydrogen-bond donors (Lipinski definition) is 0. The molecule has 0 saturated carbocycles. The molecule has 0 N–H and O–H groups in total. The quantitative estimate of drug-likeness (QED) is 0.120. The van der Waals surface area contributed by atoms with Crippen LogP contribution in [-0.2, 0) is 16.2 Å². The minimum absolute atomic E-state index is 0.496. The van der Waals surface area contributed by atoms with Crippen LogP contribution in [0.25, 0.3) is 66.8 Å². The first-order valence-corrected chi connectivity index (χ1v) is 36.5. The van der Waals surface area contributed by atoms with Crippen LogP contribution in [0.15, 0.2) is 382 Å². The van der Waals surface area contributed by atoms with Crippen LogP contribution < -0.4 is 9.80 Å². The predicted octanol–water partition coefficient (Wildman–Crippen LogP) is 26.0. The monoisotopic (exact) mass is 1320 g/mol. The van der Waals surface area contributed by atoms with Gasteiger partial charge in [0.1, 0.15) is 0 Å². The van der Waals surface area contributed by atoms with E-state index in [9.17, 15) is 0 Å². The van der Waals surface area contributed by atoms with Gasteiger partial charge in [0.2, 0.25) is 0 Å². The minimum Gasteiger partial charge on any atom is -0.310 e. The van der Waals surface area contributed by atoms with Gasteiger partial charge in [-0.1, -0.05) is 333 Å². The maximum atomic E-state index is 2.54. The summed E-state index contributed by atoms with van der Waals surface area (Å²) >= 11 is 0. The molecule has 4 aliphatic carbocycles. The Hall–Kier alpha value is -12.9. The molecule has 490 valence electrons. The van der Waals surface area contributed by atoms with E-state index in [1.165, 1.54) is 134 Å². The van der Waals surface area contributed by atoms with Gasteiger partial charge in [0.25, 0.3) is 0 Å². The third-order valence-electron chi connectivity index (χ3n) is 23.3. The number of hydrogen-bond acceptors (Lipinski definition) is 2. The molecule has 0 radical (unpaired) electrons. The molecule has 0 unspecified atom stereocenters. The normalized spacial score (nSPS) is 13.8. The molecule has 0 aromatic heterocycles. The molecule has 0 bridgehead atoms. The third-order valence-corrected chi connectivity index (χ3v) is 23.3. The Morgan fingerprint density at radius 1 is 0.192 bits per heavy atom. The van der Waals surface area contributed by atoms with E-state index < -0.39 is 16.2 Å². The third kappa shape index (κ3) is 8.82. The fourth-order valence-electron chi connectivity index (χ4n) is 19.1. The molecule has 16 aromatic carbocycles. The predicted molar refractivity (Wildman–Crippen MR) is 432 cm³/mol. The molecular weight excluding hydrogens is 1250 g/mol. The first kappa shape index (κ1) is 61.0. The van der Waals surface area contributed by atoms with E-state index in [0.29, 0.717) is 0 Å². The van der Waals surface area contributed by atoms with Crippen molar-refractivity contribution in [3.05, 3.63) is 466 Å². The lowest BCUT2D eigenvalue weighted by atomic mass is 9.67. The summed E-state index contributed by atoms with van der Waals surface area (Å²) in [5.41, 5.74) is 38.6. The van der Waals surface area contributed by atoms with Gasteiger partial charge in [-0.05, 0) is 209 Å². The van der Waals surface area contributed by atoms with Gasteiger partial charge in [0.05, 0.1) is 27.6 Å². The van der Waals surface area contributed by atoms with Gasteiger partial charge < -0.3 is 9.80 Å². The summed E-state index contributed by atoms with van der Waals surface area (Å²) in [6.45, 7) is 6.76. The minimum atomic E-state index is -0.610. The van der Waals surface area contributed by atoms with Crippen molar-refractivity contribution < 1.29 is 0 Å². The van der Waals surface area contributed by atoms with Crippen molar-refractivity contribution in [3.63, 3.8) is 0 Å². The largest absolute Gasteiger partial charge is 0.310 e. The Kier molecular flexibility index (Phi) is 14.0. The maximum absolute atomic E-state index is 2.54. The van der Waals surface area contributed by atoms with Crippen molar-refractivity contribution in [1.82, 2.24) is 0 Å². The Bertz CT molecular complexity index is 5760. The van der Waals surface area contributed by atoms with E-state index in [4.69, 9.17) is 0 Å². The summed E-state index contributed by atoms with van der Waals surface area (Å²) in [6.07, 6.45) is 0. The van der Waals surface area contributed by atoms with E-state index in [0.717, 1.165) is 50.8 Å². The van der Waals surface area contributed by atoms with Crippen LogP contribution in [0.2, 0.25) is 0 Å². The summed E-state index contributed by atoms with van der Waals surface area (Å²) in [5, 5.41) is 0. The van der Waals surface area contributed by atoms with E-state index in [-0.39, 0.29) is 0 Å². The van der Waals surface area contributed by atoms with E-state index >= 15 is 0 Å². The molecule has 16 aromatic rings. The molecule has 0 aliphatic heterocycles. The van der Waals surface area contributed by atoms with E-state index in [2.05, 4.69) is 413 Å². The van der Waals surface area contributed by atoms with Crippen LogP contribution in [0.3, 0.4) is 0 Å². The zero-order valence-corrected chi connectivity index (χ0v) is 58.3. The number of benzene rings is 16. The zero-order valence-electron chi connectivity index (χ0n) is 58.3. The molecule has 4 aliphatic rings.